The molecule has 2 nitrogen and oxygen atoms in total. The molecular formula is C30H17NO. The van der Waals surface area contributed by atoms with Gasteiger partial charge in [-0.05, 0) is 46.7 Å². The average Bonchev–Trinajstić information content (AvgIpc) is 3.48. The molecule has 2 heterocycles. The summed E-state index contributed by atoms with van der Waals surface area (Å²) in [4.78, 5) is 0. The van der Waals surface area contributed by atoms with E-state index in [1.165, 1.54) is 44.1 Å². The van der Waals surface area contributed by atoms with E-state index in [1.54, 1.807) is 0 Å². The first-order chi connectivity index (χ1) is 15.9. The summed E-state index contributed by atoms with van der Waals surface area (Å²) >= 11 is 0. The first-order valence-electron chi connectivity index (χ1n) is 11.0. The Hall–Kier alpha value is -4.30. The molecule has 0 radical (unpaired) electrons. The van der Waals surface area contributed by atoms with Crippen molar-refractivity contribution in [2.45, 2.75) is 0 Å². The highest BCUT2D eigenvalue weighted by molar-refractivity contribution is 6.22. The third kappa shape index (κ3) is 1.91. The lowest BCUT2D eigenvalue weighted by atomic mass is 10.0. The predicted molar refractivity (Wildman–Crippen MR) is 132 cm³/mol. The maximum absolute atomic E-state index is 6.09. The highest BCUT2D eigenvalue weighted by Gasteiger charge is 2.29. The Balaban J connectivity index is 1.54. The molecule has 7 aromatic rings. The fourth-order valence-electron chi connectivity index (χ4n) is 5.64. The number of rotatable bonds is 1. The van der Waals surface area contributed by atoms with Crippen LogP contribution in [0.25, 0.3) is 71.7 Å². The molecule has 0 fully saturated rings. The van der Waals surface area contributed by atoms with Gasteiger partial charge in [-0.1, -0.05) is 72.8 Å². The van der Waals surface area contributed by atoms with Gasteiger partial charge in [0.05, 0.1) is 11.2 Å². The van der Waals surface area contributed by atoms with Crippen molar-refractivity contribution in [3.05, 3.63) is 103 Å². The molecule has 148 valence electrons. The van der Waals surface area contributed by atoms with E-state index in [2.05, 4.69) is 95.6 Å². The van der Waals surface area contributed by atoms with E-state index in [4.69, 9.17) is 4.42 Å². The van der Waals surface area contributed by atoms with Crippen molar-refractivity contribution in [1.29, 1.82) is 0 Å². The molecule has 0 N–H and O–H groups in total. The second-order valence-corrected chi connectivity index (χ2v) is 8.56. The van der Waals surface area contributed by atoms with Crippen LogP contribution in [0.4, 0.5) is 0 Å². The van der Waals surface area contributed by atoms with Gasteiger partial charge in [0.2, 0.25) is 0 Å². The molecule has 0 saturated carbocycles. The van der Waals surface area contributed by atoms with Gasteiger partial charge in [-0.15, -0.1) is 0 Å². The zero-order chi connectivity index (χ0) is 20.8. The maximum Gasteiger partial charge on any atom is 0.135 e. The monoisotopic (exact) mass is 407 g/mol. The van der Waals surface area contributed by atoms with Gasteiger partial charge >= 0.3 is 0 Å². The number of hydrogen-bond acceptors (Lipinski definition) is 1. The standard InChI is InChI=1S/C30H17NO/c1-3-13-25-21(10-1)29-22-11-5-7-18-8-6-12-23(28(18)22)30(29)31(25)19-15-16-27-24(17-19)20-9-2-4-14-26(20)32-27/h1-17H. The summed E-state index contributed by atoms with van der Waals surface area (Å²) in [6, 6.07) is 36.9. The molecule has 8 rings (SSSR count). The molecule has 2 aromatic heterocycles. The summed E-state index contributed by atoms with van der Waals surface area (Å²) in [5.41, 5.74) is 9.50. The van der Waals surface area contributed by atoms with Gasteiger partial charge in [-0.25, -0.2) is 0 Å². The van der Waals surface area contributed by atoms with Gasteiger partial charge in [0.1, 0.15) is 11.2 Å². The number of para-hydroxylation sites is 2. The Morgan fingerprint density at radius 1 is 0.562 bits per heavy atom. The van der Waals surface area contributed by atoms with Gasteiger partial charge in [0.15, 0.2) is 0 Å². The second kappa shape index (κ2) is 5.68. The molecule has 1 aliphatic carbocycles. The second-order valence-electron chi connectivity index (χ2n) is 8.56. The molecule has 0 atom stereocenters. The lowest BCUT2D eigenvalue weighted by molar-refractivity contribution is 0.669. The highest BCUT2D eigenvalue weighted by atomic mass is 16.3. The SMILES string of the molecule is c1cc2c3c(cccc3c1)-c1c-2c2ccccc2n1-c1ccc2oc3ccccc3c2c1. The van der Waals surface area contributed by atoms with Crippen LogP contribution in [0.15, 0.2) is 108 Å². The van der Waals surface area contributed by atoms with Gasteiger partial charge < -0.3 is 8.98 Å². The molecule has 0 aliphatic heterocycles. The van der Waals surface area contributed by atoms with E-state index in [9.17, 15) is 0 Å². The molecule has 0 saturated heterocycles. The fourth-order valence-corrected chi connectivity index (χ4v) is 5.64. The van der Waals surface area contributed by atoms with E-state index in [0.717, 1.165) is 27.6 Å². The van der Waals surface area contributed by atoms with E-state index in [1.807, 2.05) is 12.1 Å². The van der Waals surface area contributed by atoms with Crippen LogP contribution in [0.1, 0.15) is 0 Å². The number of benzene rings is 5. The normalized spacial score (nSPS) is 12.4. The third-order valence-electron chi connectivity index (χ3n) is 6.92. The van der Waals surface area contributed by atoms with Gasteiger partial charge in [0, 0.05) is 33.0 Å². The average molecular weight is 407 g/mol. The summed E-state index contributed by atoms with van der Waals surface area (Å²) in [5, 5.41) is 6.25. The van der Waals surface area contributed by atoms with Crippen molar-refractivity contribution in [3.8, 4) is 28.1 Å². The van der Waals surface area contributed by atoms with Crippen molar-refractivity contribution >= 4 is 43.6 Å². The largest absolute Gasteiger partial charge is 0.456 e. The van der Waals surface area contributed by atoms with E-state index in [0.29, 0.717) is 0 Å². The Kier molecular flexibility index (Phi) is 2.91. The minimum atomic E-state index is 0.924. The minimum Gasteiger partial charge on any atom is -0.456 e. The Bertz CT molecular complexity index is 1880. The zero-order valence-electron chi connectivity index (χ0n) is 17.2. The molecular weight excluding hydrogens is 390 g/mol. The number of nitrogens with zero attached hydrogens (tertiary/aromatic N) is 1. The maximum atomic E-state index is 6.09. The molecule has 0 bridgehead atoms. The van der Waals surface area contributed by atoms with Crippen LogP contribution in [-0.4, -0.2) is 4.57 Å². The van der Waals surface area contributed by atoms with E-state index in [-0.39, 0.29) is 0 Å². The lowest BCUT2D eigenvalue weighted by Gasteiger charge is -2.11. The van der Waals surface area contributed by atoms with Gasteiger partial charge in [0.25, 0.3) is 0 Å². The molecule has 1 aliphatic rings. The van der Waals surface area contributed by atoms with Crippen LogP contribution >= 0.6 is 0 Å². The molecule has 0 unspecified atom stereocenters. The van der Waals surface area contributed by atoms with Crippen molar-refractivity contribution in [2.24, 2.45) is 0 Å². The van der Waals surface area contributed by atoms with Crippen LogP contribution in [0.5, 0.6) is 0 Å². The highest BCUT2D eigenvalue weighted by Crippen LogP contribution is 2.52. The summed E-state index contributed by atoms with van der Waals surface area (Å²) in [6.45, 7) is 0. The first-order valence-corrected chi connectivity index (χ1v) is 11.0. The molecule has 32 heavy (non-hydrogen) atoms. The smallest absolute Gasteiger partial charge is 0.135 e. The first kappa shape index (κ1) is 16.4. The molecule has 2 heteroatoms. The number of hydrogen-bond donors (Lipinski definition) is 0. The van der Waals surface area contributed by atoms with E-state index < -0.39 is 0 Å². The summed E-state index contributed by atoms with van der Waals surface area (Å²) in [6.07, 6.45) is 0. The van der Waals surface area contributed by atoms with Crippen molar-refractivity contribution in [3.63, 3.8) is 0 Å². The Morgan fingerprint density at radius 2 is 1.31 bits per heavy atom. The zero-order valence-corrected chi connectivity index (χ0v) is 17.2. The molecule has 0 amide bonds. The van der Waals surface area contributed by atoms with Gasteiger partial charge in [-0.2, -0.15) is 0 Å². The van der Waals surface area contributed by atoms with Crippen LogP contribution < -0.4 is 0 Å². The van der Waals surface area contributed by atoms with Crippen molar-refractivity contribution in [2.75, 3.05) is 0 Å². The van der Waals surface area contributed by atoms with Crippen LogP contribution in [-0.2, 0) is 0 Å². The predicted octanol–water partition coefficient (Wildman–Crippen LogP) is 8.33. The molecule has 5 aromatic carbocycles. The quantitative estimate of drug-likeness (QED) is 0.267. The van der Waals surface area contributed by atoms with Gasteiger partial charge in [-0.3, -0.25) is 0 Å². The Labute approximate surface area is 183 Å². The fraction of sp³-hybridized carbons (Fsp3) is 0. The van der Waals surface area contributed by atoms with Crippen LogP contribution in [0, 0.1) is 0 Å². The minimum absolute atomic E-state index is 0.924. The topological polar surface area (TPSA) is 18.1 Å². The number of aromatic nitrogens is 1. The molecule has 0 spiro atoms. The third-order valence-corrected chi connectivity index (χ3v) is 6.92. The van der Waals surface area contributed by atoms with Crippen molar-refractivity contribution in [1.82, 2.24) is 4.57 Å². The van der Waals surface area contributed by atoms with Crippen molar-refractivity contribution < 1.29 is 4.42 Å². The summed E-state index contributed by atoms with van der Waals surface area (Å²) in [5.74, 6) is 0. The lowest BCUT2D eigenvalue weighted by Crippen LogP contribution is -1.96. The summed E-state index contributed by atoms with van der Waals surface area (Å²) < 4.78 is 8.52. The van der Waals surface area contributed by atoms with E-state index >= 15 is 0 Å². The van der Waals surface area contributed by atoms with Crippen LogP contribution in [0.3, 0.4) is 0 Å². The Morgan fingerprint density at radius 3 is 2.22 bits per heavy atom. The van der Waals surface area contributed by atoms with Crippen LogP contribution in [0.2, 0.25) is 0 Å². The summed E-state index contributed by atoms with van der Waals surface area (Å²) in [7, 11) is 0. The number of furan rings is 1. The number of fused-ring (bicyclic) bond motifs is 8.